The summed E-state index contributed by atoms with van der Waals surface area (Å²) in [4.78, 5) is 12.5. The van der Waals surface area contributed by atoms with Crippen LogP contribution in [-0.2, 0) is 13.3 Å². The van der Waals surface area contributed by atoms with Crippen molar-refractivity contribution in [2.24, 2.45) is 0 Å². The highest BCUT2D eigenvalue weighted by molar-refractivity contribution is 6.42. The molecule has 2 heterocycles. The third kappa shape index (κ3) is 4.31. The first kappa shape index (κ1) is 20.2. The molecule has 28 heavy (non-hydrogen) atoms. The van der Waals surface area contributed by atoms with Gasteiger partial charge in [-0.2, -0.15) is 10.2 Å². The van der Waals surface area contributed by atoms with Crippen LogP contribution in [0, 0.1) is 6.92 Å². The van der Waals surface area contributed by atoms with E-state index in [1.165, 1.54) is 4.68 Å². The topological polar surface area (TPSA) is 74.0 Å². The molecule has 1 N–H and O–H groups in total. The minimum atomic E-state index is -0.268. The van der Waals surface area contributed by atoms with Gasteiger partial charge in [0.1, 0.15) is 16.5 Å². The third-order valence-electron chi connectivity index (χ3n) is 4.40. The molecular formula is C19H21Cl2N5O2. The Morgan fingerprint density at radius 2 is 2.11 bits per heavy atom. The van der Waals surface area contributed by atoms with E-state index in [9.17, 15) is 4.79 Å². The highest BCUT2D eigenvalue weighted by Crippen LogP contribution is 2.31. The Balaban J connectivity index is 1.62. The van der Waals surface area contributed by atoms with E-state index in [4.69, 9.17) is 27.9 Å². The Bertz CT molecular complexity index is 983. The highest BCUT2D eigenvalue weighted by Gasteiger charge is 2.17. The van der Waals surface area contributed by atoms with Crippen LogP contribution >= 0.6 is 23.2 Å². The van der Waals surface area contributed by atoms with Crippen molar-refractivity contribution in [1.29, 1.82) is 0 Å². The molecule has 3 rings (SSSR count). The molecular weight excluding hydrogens is 401 g/mol. The normalized spacial score (nSPS) is 12.0. The minimum Gasteiger partial charge on any atom is -0.470 e. The largest absolute Gasteiger partial charge is 0.470 e. The summed E-state index contributed by atoms with van der Waals surface area (Å²) < 4.78 is 9.02. The van der Waals surface area contributed by atoms with Crippen molar-refractivity contribution in [2.75, 3.05) is 0 Å². The van der Waals surface area contributed by atoms with Gasteiger partial charge in [-0.1, -0.05) is 29.3 Å². The smallest absolute Gasteiger partial charge is 0.272 e. The zero-order valence-corrected chi connectivity index (χ0v) is 17.3. The number of halogens is 2. The summed E-state index contributed by atoms with van der Waals surface area (Å²) in [5.74, 6) is 0.184. The summed E-state index contributed by atoms with van der Waals surface area (Å²) in [6.07, 6.45) is 3.45. The van der Waals surface area contributed by atoms with Crippen LogP contribution in [0.1, 0.15) is 41.6 Å². The Hall–Kier alpha value is -2.51. The number of nitrogens with one attached hydrogen (secondary N) is 1. The average Bonchev–Trinajstić information content (AvgIpc) is 3.29. The van der Waals surface area contributed by atoms with Crippen LogP contribution < -0.4 is 10.1 Å². The van der Waals surface area contributed by atoms with Crippen LogP contribution in [0.3, 0.4) is 0 Å². The molecule has 3 aromatic rings. The summed E-state index contributed by atoms with van der Waals surface area (Å²) >= 11 is 12.1. The van der Waals surface area contributed by atoms with Crippen molar-refractivity contribution in [3.8, 4) is 5.75 Å². The fourth-order valence-corrected chi connectivity index (χ4v) is 3.19. The quantitative estimate of drug-likeness (QED) is 0.618. The number of carbonyl (C=O) groups is 1. The van der Waals surface area contributed by atoms with Crippen molar-refractivity contribution in [2.45, 2.75) is 40.1 Å². The minimum absolute atomic E-state index is 0.102. The molecule has 9 heteroatoms. The lowest BCUT2D eigenvalue weighted by Crippen LogP contribution is -2.27. The zero-order chi connectivity index (χ0) is 20.3. The standard InChI is InChI=1S/C19H21Cl2N5O2/c1-4-26-13(3)14(10-22-26)12(2)23-19(27)16-8-9-25(24-16)11-28-17-7-5-6-15(20)18(17)21/h5-10,12H,4,11H2,1-3H3,(H,23,27). The van der Waals surface area contributed by atoms with Crippen LogP contribution in [0.25, 0.3) is 0 Å². The van der Waals surface area contributed by atoms with E-state index in [1.807, 2.05) is 25.5 Å². The number of rotatable bonds is 7. The number of aryl methyl sites for hydroxylation is 1. The Labute approximate surface area is 173 Å². The molecule has 0 saturated carbocycles. The molecule has 1 atom stereocenters. The lowest BCUT2D eigenvalue weighted by molar-refractivity contribution is 0.0932. The summed E-state index contributed by atoms with van der Waals surface area (Å²) in [6, 6.07) is 6.59. The van der Waals surface area contributed by atoms with Crippen molar-refractivity contribution in [3.63, 3.8) is 0 Å². The summed E-state index contributed by atoms with van der Waals surface area (Å²) in [6.45, 7) is 6.82. The highest BCUT2D eigenvalue weighted by atomic mass is 35.5. The first-order valence-corrected chi connectivity index (χ1v) is 9.59. The Morgan fingerprint density at radius 3 is 2.82 bits per heavy atom. The Kier molecular flexibility index (Phi) is 6.26. The molecule has 0 fully saturated rings. The molecule has 0 aliphatic rings. The van der Waals surface area contributed by atoms with Crippen LogP contribution in [0.15, 0.2) is 36.7 Å². The molecule has 0 saturated heterocycles. The van der Waals surface area contributed by atoms with Crippen molar-refractivity contribution >= 4 is 29.1 Å². The lowest BCUT2D eigenvalue weighted by atomic mass is 10.1. The summed E-state index contributed by atoms with van der Waals surface area (Å²) in [5, 5.41) is 12.3. The van der Waals surface area contributed by atoms with E-state index in [-0.39, 0.29) is 18.7 Å². The monoisotopic (exact) mass is 421 g/mol. The summed E-state index contributed by atoms with van der Waals surface area (Å²) in [5.41, 5.74) is 2.31. The molecule has 1 unspecified atom stereocenters. The molecule has 1 aromatic carbocycles. The first-order chi connectivity index (χ1) is 13.4. The van der Waals surface area contributed by atoms with Crippen molar-refractivity contribution in [1.82, 2.24) is 24.9 Å². The van der Waals surface area contributed by atoms with Gasteiger partial charge in [-0.3, -0.25) is 9.48 Å². The van der Waals surface area contributed by atoms with Gasteiger partial charge in [-0.15, -0.1) is 0 Å². The van der Waals surface area contributed by atoms with Gasteiger partial charge in [0, 0.05) is 24.0 Å². The molecule has 0 radical (unpaired) electrons. The maximum atomic E-state index is 12.5. The van der Waals surface area contributed by atoms with Gasteiger partial charge in [0.05, 0.1) is 17.3 Å². The van der Waals surface area contributed by atoms with E-state index >= 15 is 0 Å². The fraction of sp³-hybridized carbons (Fsp3) is 0.316. The molecule has 7 nitrogen and oxygen atoms in total. The van der Waals surface area contributed by atoms with E-state index in [0.717, 1.165) is 17.8 Å². The number of aromatic nitrogens is 4. The second-order valence-electron chi connectivity index (χ2n) is 6.26. The van der Waals surface area contributed by atoms with Gasteiger partial charge in [0.15, 0.2) is 6.73 Å². The second-order valence-corrected chi connectivity index (χ2v) is 7.05. The molecule has 0 aliphatic heterocycles. The zero-order valence-electron chi connectivity index (χ0n) is 15.8. The van der Waals surface area contributed by atoms with Gasteiger partial charge in [0.2, 0.25) is 0 Å². The SMILES string of the molecule is CCn1ncc(C(C)NC(=O)c2ccn(COc3cccc(Cl)c3Cl)n2)c1C. The number of ether oxygens (including phenoxy) is 1. The number of hydrogen-bond donors (Lipinski definition) is 1. The van der Waals surface area contributed by atoms with Gasteiger partial charge in [-0.25, -0.2) is 4.68 Å². The maximum Gasteiger partial charge on any atom is 0.272 e. The number of benzene rings is 1. The maximum absolute atomic E-state index is 12.5. The molecule has 0 spiro atoms. The predicted molar refractivity (Wildman–Crippen MR) is 108 cm³/mol. The lowest BCUT2D eigenvalue weighted by Gasteiger charge is -2.13. The van der Waals surface area contributed by atoms with Gasteiger partial charge in [0.25, 0.3) is 5.91 Å². The third-order valence-corrected chi connectivity index (χ3v) is 5.20. The Morgan fingerprint density at radius 1 is 1.32 bits per heavy atom. The van der Waals surface area contributed by atoms with Crippen LogP contribution in [0.4, 0.5) is 0 Å². The number of amides is 1. The first-order valence-electron chi connectivity index (χ1n) is 8.84. The molecule has 2 aromatic heterocycles. The second kappa shape index (κ2) is 8.67. The van der Waals surface area contributed by atoms with E-state index in [1.54, 1.807) is 36.7 Å². The molecule has 1 amide bonds. The van der Waals surface area contributed by atoms with Crippen LogP contribution in [-0.4, -0.2) is 25.5 Å². The number of carbonyl (C=O) groups excluding carboxylic acids is 1. The van der Waals surface area contributed by atoms with Gasteiger partial charge < -0.3 is 10.1 Å². The fourth-order valence-electron chi connectivity index (χ4n) is 2.84. The average molecular weight is 422 g/mol. The molecule has 0 aliphatic carbocycles. The van der Waals surface area contributed by atoms with Crippen LogP contribution in [0.5, 0.6) is 5.75 Å². The van der Waals surface area contributed by atoms with Crippen molar-refractivity contribution < 1.29 is 9.53 Å². The van der Waals surface area contributed by atoms with E-state index < -0.39 is 0 Å². The van der Waals surface area contributed by atoms with Crippen molar-refractivity contribution in [3.05, 3.63) is 63.7 Å². The summed E-state index contributed by atoms with van der Waals surface area (Å²) in [7, 11) is 0. The van der Waals surface area contributed by atoms with Gasteiger partial charge >= 0.3 is 0 Å². The van der Waals surface area contributed by atoms with Crippen LogP contribution in [0.2, 0.25) is 10.0 Å². The van der Waals surface area contributed by atoms with E-state index in [0.29, 0.717) is 21.5 Å². The molecule has 0 bridgehead atoms. The van der Waals surface area contributed by atoms with E-state index in [2.05, 4.69) is 15.5 Å². The predicted octanol–water partition coefficient (Wildman–Crippen LogP) is 4.24. The van der Waals surface area contributed by atoms with Gasteiger partial charge in [-0.05, 0) is 39.0 Å². The number of hydrogen-bond acceptors (Lipinski definition) is 4. The molecule has 148 valence electrons. The number of nitrogens with zero attached hydrogens (tertiary/aromatic N) is 4.